The third kappa shape index (κ3) is 3.88. The Hall–Kier alpha value is -1.52. The van der Waals surface area contributed by atoms with Crippen molar-refractivity contribution in [3.8, 4) is 11.1 Å². The van der Waals surface area contributed by atoms with Gasteiger partial charge in [0.25, 0.3) is 0 Å². The maximum Gasteiger partial charge on any atom is 0.417 e. The molecular weight excluding hydrogens is 323 g/mol. The van der Waals surface area contributed by atoms with Crippen molar-refractivity contribution >= 4 is 11.6 Å². The summed E-state index contributed by atoms with van der Waals surface area (Å²) in [6.07, 6.45) is -4.49. The maximum atomic E-state index is 13.2. The summed E-state index contributed by atoms with van der Waals surface area (Å²) in [5, 5.41) is 0.0210. The van der Waals surface area contributed by atoms with Crippen molar-refractivity contribution in [3.63, 3.8) is 0 Å². The van der Waals surface area contributed by atoms with Crippen molar-refractivity contribution in [2.24, 2.45) is 11.1 Å². The largest absolute Gasteiger partial charge is 0.417 e. The number of hydrogen-bond acceptors (Lipinski definition) is 1. The van der Waals surface area contributed by atoms with Crippen LogP contribution >= 0.6 is 11.6 Å². The summed E-state index contributed by atoms with van der Waals surface area (Å²) >= 11 is 5.99. The molecule has 0 saturated heterocycles. The van der Waals surface area contributed by atoms with Gasteiger partial charge in [-0.1, -0.05) is 56.6 Å². The van der Waals surface area contributed by atoms with E-state index in [1.54, 1.807) is 24.3 Å². The first-order chi connectivity index (χ1) is 10.5. The van der Waals surface area contributed by atoms with E-state index >= 15 is 0 Å². The summed E-state index contributed by atoms with van der Waals surface area (Å²) in [4.78, 5) is 0. The fourth-order valence-corrected chi connectivity index (χ4v) is 2.62. The topological polar surface area (TPSA) is 26.0 Å². The minimum atomic E-state index is -4.49. The fraction of sp³-hybridized carbons (Fsp3) is 0.333. The zero-order valence-electron chi connectivity index (χ0n) is 13.1. The number of rotatable bonds is 2. The summed E-state index contributed by atoms with van der Waals surface area (Å²) in [5.74, 6) is 0. The van der Waals surface area contributed by atoms with Crippen molar-refractivity contribution < 1.29 is 13.2 Å². The lowest BCUT2D eigenvalue weighted by Gasteiger charge is -2.27. The molecule has 1 nitrogen and oxygen atoms in total. The highest BCUT2D eigenvalue weighted by molar-refractivity contribution is 6.33. The van der Waals surface area contributed by atoms with Crippen molar-refractivity contribution in [1.29, 1.82) is 0 Å². The molecule has 0 aliphatic carbocycles. The molecule has 0 aliphatic rings. The van der Waals surface area contributed by atoms with Crippen molar-refractivity contribution in [3.05, 3.63) is 58.6 Å². The van der Waals surface area contributed by atoms with E-state index in [9.17, 15) is 13.2 Å². The second-order valence-corrected chi connectivity index (χ2v) is 6.96. The molecule has 0 bridgehead atoms. The van der Waals surface area contributed by atoms with Crippen LogP contribution in [0, 0.1) is 11.5 Å². The first-order valence-corrected chi connectivity index (χ1v) is 7.52. The maximum absolute atomic E-state index is 13.2. The van der Waals surface area contributed by atoms with Crippen LogP contribution in [0.2, 0.25) is 5.02 Å². The monoisotopic (exact) mass is 340 g/mol. The third-order valence-corrected chi connectivity index (χ3v) is 4.04. The molecule has 1 unspecified atom stereocenters. The molecule has 2 N–H and O–H groups in total. The average molecular weight is 341 g/mol. The Morgan fingerprint density at radius 1 is 1.04 bits per heavy atom. The van der Waals surface area contributed by atoms with E-state index in [4.69, 9.17) is 17.3 Å². The minimum Gasteiger partial charge on any atom is -0.324 e. The molecule has 2 aromatic rings. The van der Waals surface area contributed by atoms with E-state index in [0.29, 0.717) is 5.56 Å². The van der Waals surface area contributed by atoms with Crippen LogP contribution in [0.4, 0.5) is 13.2 Å². The molecule has 0 fully saturated rings. The van der Waals surface area contributed by atoms with E-state index in [1.165, 1.54) is 6.07 Å². The van der Waals surface area contributed by atoms with Gasteiger partial charge in [0.15, 0.2) is 0 Å². The standard InChI is InChI=1S/C18H18ClF3N/c1-17(2,3)16(23)12-9-7-11(8-10-12)15-13(18(20,21)22)5-4-6-14(15)19/h5-10,16H,23H2,1-3H3. The molecule has 1 atom stereocenters. The average Bonchev–Trinajstić information content (AvgIpc) is 2.44. The van der Waals surface area contributed by atoms with Crippen molar-refractivity contribution in [1.82, 2.24) is 0 Å². The van der Waals surface area contributed by atoms with Crippen LogP contribution in [0.3, 0.4) is 0 Å². The number of halogens is 4. The number of hydrogen-bond donors (Lipinski definition) is 1. The lowest BCUT2D eigenvalue weighted by molar-refractivity contribution is -0.137. The quantitative estimate of drug-likeness (QED) is 0.726. The molecule has 0 amide bonds. The lowest BCUT2D eigenvalue weighted by atomic mass is 9.82. The van der Waals surface area contributed by atoms with Gasteiger partial charge in [0.1, 0.15) is 0 Å². The minimum absolute atomic E-state index is 0.0210. The van der Waals surface area contributed by atoms with Crippen molar-refractivity contribution in [2.45, 2.75) is 33.0 Å². The highest BCUT2D eigenvalue weighted by Crippen LogP contribution is 2.41. The molecule has 0 saturated carbocycles. The molecule has 0 spiro atoms. The number of benzene rings is 2. The summed E-state index contributed by atoms with van der Waals surface area (Å²) < 4.78 is 39.5. The third-order valence-electron chi connectivity index (χ3n) is 3.74. The highest BCUT2D eigenvalue weighted by atomic mass is 35.5. The summed E-state index contributed by atoms with van der Waals surface area (Å²) in [6.45, 7) is 6.03. The zero-order chi connectivity index (χ0) is 17.4. The van der Waals surface area contributed by atoms with Crippen LogP contribution in [0.1, 0.15) is 37.9 Å². The summed E-state index contributed by atoms with van der Waals surface area (Å²) in [5.41, 5.74) is 6.48. The fourth-order valence-electron chi connectivity index (χ4n) is 2.35. The first kappa shape index (κ1) is 17.8. The van der Waals surface area contributed by atoms with Gasteiger partial charge < -0.3 is 5.73 Å². The summed E-state index contributed by atoms with van der Waals surface area (Å²) in [6, 6.07) is 11.2. The van der Waals surface area contributed by atoms with Gasteiger partial charge in [-0.3, -0.25) is 0 Å². The predicted octanol–water partition coefficient (Wildman–Crippen LogP) is 5.87. The normalized spacial score (nSPS) is 13.9. The SMILES string of the molecule is CC(C)(C)C(N)c1ccc(-c2c(Cl)c[c]cc2C(F)(F)F)cc1. The van der Waals surface area contributed by atoms with Gasteiger partial charge in [-0.05, 0) is 34.7 Å². The second-order valence-electron chi connectivity index (χ2n) is 6.56. The van der Waals surface area contributed by atoms with Crippen LogP contribution in [0.15, 0.2) is 36.4 Å². The van der Waals surface area contributed by atoms with Gasteiger partial charge in [0, 0.05) is 16.6 Å². The van der Waals surface area contributed by atoms with Gasteiger partial charge >= 0.3 is 6.18 Å². The molecule has 1 radical (unpaired) electrons. The van der Waals surface area contributed by atoms with Gasteiger partial charge in [-0.25, -0.2) is 0 Å². The highest BCUT2D eigenvalue weighted by Gasteiger charge is 2.34. The van der Waals surface area contributed by atoms with Gasteiger partial charge in [0.05, 0.1) is 5.56 Å². The number of alkyl halides is 3. The Balaban J connectivity index is 2.49. The Kier molecular flexibility index (Phi) is 4.79. The van der Waals surface area contributed by atoms with E-state index in [-0.39, 0.29) is 22.0 Å². The molecule has 5 heteroatoms. The smallest absolute Gasteiger partial charge is 0.324 e. The second kappa shape index (κ2) is 6.17. The Morgan fingerprint density at radius 2 is 1.61 bits per heavy atom. The molecule has 2 rings (SSSR count). The zero-order valence-corrected chi connectivity index (χ0v) is 13.9. The number of nitrogens with two attached hydrogens (primary N) is 1. The van der Waals surface area contributed by atoms with E-state index in [2.05, 4.69) is 6.07 Å². The van der Waals surface area contributed by atoms with Crippen LogP contribution in [-0.4, -0.2) is 0 Å². The van der Waals surface area contributed by atoms with Crippen molar-refractivity contribution in [2.75, 3.05) is 0 Å². The van der Waals surface area contributed by atoms with Crippen LogP contribution in [-0.2, 0) is 6.18 Å². The summed E-state index contributed by atoms with van der Waals surface area (Å²) in [7, 11) is 0. The van der Waals surface area contributed by atoms with Crippen LogP contribution in [0.5, 0.6) is 0 Å². The molecular formula is C18H18ClF3N. The Morgan fingerprint density at radius 3 is 2.09 bits per heavy atom. The molecule has 0 aromatic heterocycles. The predicted molar refractivity (Wildman–Crippen MR) is 87.1 cm³/mol. The molecule has 0 aliphatic heterocycles. The van der Waals surface area contributed by atoms with Gasteiger partial charge in [-0.15, -0.1) is 0 Å². The van der Waals surface area contributed by atoms with E-state index < -0.39 is 11.7 Å². The molecule has 2 aromatic carbocycles. The molecule has 123 valence electrons. The molecule has 23 heavy (non-hydrogen) atoms. The Labute approximate surface area is 139 Å². The van der Waals surface area contributed by atoms with E-state index in [0.717, 1.165) is 11.6 Å². The van der Waals surface area contributed by atoms with E-state index in [1.807, 2.05) is 20.8 Å². The molecule has 0 heterocycles. The van der Waals surface area contributed by atoms with Gasteiger partial charge in [0.2, 0.25) is 0 Å². The van der Waals surface area contributed by atoms with Crippen LogP contribution in [0.25, 0.3) is 11.1 Å². The Bertz CT molecular complexity index is 685. The lowest BCUT2D eigenvalue weighted by Crippen LogP contribution is -2.26. The first-order valence-electron chi connectivity index (χ1n) is 7.14. The van der Waals surface area contributed by atoms with Gasteiger partial charge in [-0.2, -0.15) is 13.2 Å². The van der Waals surface area contributed by atoms with Crippen LogP contribution < -0.4 is 5.73 Å².